The summed E-state index contributed by atoms with van der Waals surface area (Å²) in [6, 6.07) is 7.19. The fourth-order valence-electron chi connectivity index (χ4n) is 1.98. The first kappa shape index (κ1) is 13.8. The van der Waals surface area contributed by atoms with E-state index in [0.29, 0.717) is 6.04 Å². The Morgan fingerprint density at radius 3 is 2.39 bits per heavy atom. The number of rotatable bonds is 5. The van der Waals surface area contributed by atoms with Crippen LogP contribution in [0.4, 0.5) is 0 Å². The van der Waals surface area contributed by atoms with Crippen molar-refractivity contribution in [2.45, 2.75) is 40.2 Å². The van der Waals surface area contributed by atoms with Gasteiger partial charge in [-0.3, -0.25) is 0 Å². The molecule has 0 aromatic carbocycles. The van der Waals surface area contributed by atoms with Crippen LogP contribution in [0.2, 0.25) is 0 Å². The van der Waals surface area contributed by atoms with E-state index in [-0.39, 0.29) is 0 Å². The molecule has 0 aliphatic rings. The van der Waals surface area contributed by atoms with Crippen molar-refractivity contribution in [3.8, 4) is 0 Å². The summed E-state index contributed by atoms with van der Waals surface area (Å²) in [6.07, 6.45) is 1.17. The average Bonchev–Trinajstić information content (AvgIpc) is 2.88. The molecule has 0 aliphatic carbocycles. The van der Waals surface area contributed by atoms with Crippen LogP contribution in [0.3, 0.4) is 0 Å². The second-order valence-corrected chi connectivity index (χ2v) is 7.33. The van der Waals surface area contributed by atoms with Crippen LogP contribution in [0.15, 0.2) is 18.2 Å². The van der Waals surface area contributed by atoms with E-state index in [1.807, 2.05) is 22.7 Å². The Bertz CT molecular complexity index is 491. The van der Waals surface area contributed by atoms with Crippen LogP contribution in [0, 0.1) is 20.8 Å². The quantitative estimate of drug-likeness (QED) is 0.827. The Hall–Kier alpha value is -0.640. The summed E-state index contributed by atoms with van der Waals surface area (Å²) < 4.78 is 0. The van der Waals surface area contributed by atoms with Crippen molar-refractivity contribution in [2.24, 2.45) is 0 Å². The second-order valence-electron chi connectivity index (χ2n) is 4.72. The predicted molar refractivity (Wildman–Crippen MR) is 83.0 cm³/mol. The zero-order valence-corrected chi connectivity index (χ0v) is 13.2. The molecule has 1 nitrogen and oxygen atoms in total. The van der Waals surface area contributed by atoms with Crippen LogP contribution in [0.5, 0.6) is 0 Å². The number of aryl methyl sites for hydroxylation is 3. The molecule has 0 saturated carbocycles. The van der Waals surface area contributed by atoms with Crippen LogP contribution in [0.1, 0.15) is 44.5 Å². The van der Waals surface area contributed by atoms with Gasteiger partial charge in [0.15, 0.2) is 0 Å². The lowest BCUT2D eigenvalue weighted by Crippen LogP contribution is -2.21. The third-order valence-corrected chi connectivity index (χ3v) is 5.40. The summed E-state index contributed by atoms with van der Waals surface area (Å²) >= 11 is 3.82. The third kappa shape index (κ3) is 3.02. The van der Waals surface area contributed by atoms with Gasteiger partial charge in [-0.1, -0.05) is 6.92 Å². The molecule has 3 heteroatoms. The van der Waals surface area contributed by atoms with E-state index in [1.165, 1.54) is 31.5 Å². The van der Waals surface area contributed by atoms with Gasteiger partial charge in [0.05, 0.1) is 6.04 Å². The Balaban J connectivity index is 2.30. The van der Waals surface area contributed by atoms with E-state index in [2.05, 4.69) is 51.2 Å². The summed E-state index contributed by atoms with van der Waals surface area (Å²) in [5.74, 6) is 0. The topological polar surface area (TPSA) is 12.0 Å². The van der Waals surface area contributed by atoms with Crippen LogP contribution in [-0.2, 0) is 0 Å². The normalized spacial score (nSPS) is 12.9. The fourth-order valence-corrected chi connectivity index (χ4v) is 4.17. The van der Waals surface area contributed by atoms with Gasteiger partial charge in [0, 0.05) is 19.5 Å². The largest absolute Gasteiger partial charge is 0.305 e. The van der Waals surface area contributed by atoms with Crippen molar-refractivity contribution in [2.75, 3.05) is 6.54 Å². The molecule has 0 radical (unpaired) electrons. The highest BCUT2D eigenvalue weighted by atomic mass is 32.1. The molecule has 0 aliphatic heterocycles. The molecule has 2 heterocycles. The molecule has 0 amide bonds. The first-order chi connectivity index (χ1) is 8.61. The van der Waals surface area contributed by atoms with Crippen molar-refractivity contribution < 1.29 is 0 Å². The van der Waals surface area contributed by atoms with E-state index in [4.69, 9.17) is 0 Å². The van der Waals surface area contributed by atoms with Gasteiger partial charge >= 0.3 is 0 Å². The molecular formula is C15H21NS2. The molecule has 1 N–H and O–H groups in total. The van der Waals surface area contributed by atoms with Crippen molar-refractivity contribution in [1.82, 2.24) is 5.32 Å². The summed E-state index contributed by atoms with van der Waals surface area (Å²) in [5.41, 5.74) is 1.41. The maximum atomic E-state index is 3.68. The van der Waals surface area contributed by atoms with E-state index in [1.54, 1.807) is 0 Å². The number of hydrogen-bond acceptors (Lipinski definition) is 3. The number of thiophene rings is 2. The minimum absolute atomic E-state index is 0.376. The monoisotopic (exact) mass is 279 g/mol. The number of nitrogens with one attached hydrogen (secondary N) is 1. The van der Waals surface area contributed by atoms with Gasteiger partial charge in [-0.25, -0.2) is 0 Å². The smallest absolute Gasteiger partial charge is 0.0765 e. The first-order valence-electron chi connectivity index (χ1n) is 6.48. The lowest BCUT2D eigenvalue weighted by Gasteiger charge is -2.15. The van der Waals surface area contributed by atoms with E-state index >= 15 is 0 Å². The molecule has 0 spiro atoms. The van der Waals surface area contributed by atoms with Crippen LogP contribution in [0.25, 0.3) is 0 Å². The van der Waals surface area contributed by atoms with E-state index in [0.717, 1.165) is 6.54 Å². The molecule has 0 fully saturated rings. The Labute approximate surface area is 118 Å². The SMILES string of the molecule is CCCNC(c1ccc(C)s1)c1cc(C)c(C)s1. The van der Waals surface area contributed by atoms with Gasteiger partial charge in [0.1, 0.15) is 0 Å². The molecule has 0 saturated heterocycles. The summed E-state index contributed by atoms with van der Waals surface area (Å²) in [7, 11) is 0. The Kier molecular flexibility index (Phi) is 4.60. The van der Waals surface area contributed by atoms with E-state index in [9.17, 15) is 0 Å². The molecule has 1 atom stereocenters. The molecule has 98 valence electrons. The highest BCUT2D eigenvalue weighted by Crippen LogP contribution is 2.33. The molecule has 1 unspecified atom stereocenters. The van der Waals surface area contributed by atoms with Gasteiger partial charge in [-0.15, -0.1) is 22.7 Å². The maximum Gasteiger partial charge on any atom is 0.0765 e. The van der Waals surface area contributed by atoms with Crippen LogP contribution in [-0.4, -0.2) is 6.54 Å². The molecule has 2 aromatic heterocycles. The first-order valence-corrected chi connectivity index (χ1v) is 8.11. The molecule has 2 rings (SSSR count). The maximum absolute atomic E-state index is 3.68. The van der Waals surface area contributed by atoms with Crippen LogP contribution >= 0.6 is 22.7 Å². The molecule has 2 aromatic rings. The zero-order valence-electron chi connectivity index (χ0n) is 11.5. The van der Waals surface area contributed by atoms with Crippen molar-refractivity contribution in [3.05, 3.63) is 43.3 Å². The highest BCUT2D eigenvalue weighted by molar-refractivity contribution is 7.13. The third-order valence-electron chi connectivity index (χ3n) is 3.11. The minimum Gasteiger partial charge on any atom is -0.305 e. The predicted octanol–water partition coefficient (Wildman–Crippen LogP) is 4.82. The standard InChI is InChI=1S/C15H21NS2/c1-5-8-16-15(13-7-6-11(3)17-13)14-9-10(2)12(4)18-14/h6-7,9,15-16H,5,8H2,1-4H3. The van der Waals surface area contributed by atoms with Gasteiger partial charge in [0.2, 0.25) is 0 Å². The second kappa shape index (κ2) is 6.00. The van der Waals surface area contributed by atoms with Crippen molar-refractivity contribution >= 4 is 22.7 Å². The molecule has 18 heavy (non-hydrogen) atoms. The van der Waals surface area contributed by atoms with Gasteiger partial charge < -0.3 is 5.32 Å². The molecular weight excluding hydrogens is 258 g/mol. The van der Waals surface area contributed by atoms with Crippen molar-refractivity contribution in [1.29, 1.82) is 0 Å². The Morgan fingerprint density at radius 1 is 1.11 bits per heavy atom. The zero-order chi connectivity index (χ0) is 13.1. The number of hydrogen-bond donors (Lipinski definition) is 1. The van der Waals surface area contributed by atoms with E-state index < -0.39 is 0 Å². The van der Waals surface area contributed by atoms with Gasteiger partial charge in [-0.05, 0) is 57.5 Å². The summed E-state index contributed by atoms with van der Waals surface area (Å²) in [4.78, 5) is 5.70. The minimum atomic E-state index is 0.376. The van der Waals surface area contributed by atoms with Gasteiger partial charge in [0.25, 0.3) is 0 Å². The Morgan fingerprint density at radius 2 is 1.89 bits per heavy atom. The fraction of sp³-hybridized carbons (Fsp3) is 0.467. The van der Waals surface area contributed by atoms with Crippen LogP contribution < -0.4 is 5.32 Å². The average molecular weight is 279 g/mol. The summed E-state index contributed by atoms with van der Waals surface area (Å²) in [6.45, 7) is 9.87. The highest BCUT2D eigenvalue weighted by Gasteiger charge is 2.17. The summed E-state index contributed by atoms with van der Waals surface area (Å²) in [5, 5.41) is 3.68. The lowest BCUT2D eigenvalue weighted by atomic mass is 10.1. The lowest BCUT2D eigenvalue weighted by molar-refractivity contribution is 0.613. The molecule has 0 bridgehead atoms. The van der Waals surface area contributed by atoms with Gasteiger partial charge in [-0.2, -0.15) is 0 Å². The van der Waals surface area contributed by atoms with Crippen molar-refractivity contribution in [3.63, 3.8) is 0 Å².